The predicted molar refractivity (Wildman–Crippen MR) is 61.7 cm³/mol. The van der Waals surface area contributed by atoms with Gasteiger partial charge in [-0.3, -0.25) is 4.98 Å². The minimum Gasteiger partial charge on any atom is -0.380 e. The third kappa shape index (κ3) is 2.59. The maximum Gasteiger partial charge on any atom is 0.0529 e. The fourth-order valence-electron chi connectivity index (χ4n) is 1.46. The van der Waals surface area contributed by atoms with Crippen LogP contribution in [-0.2, 0) is 13.1 Å². The van der Waals surface area contributed by atoms with E-state index in [1.807, 2.05) is 18.3 Å². The molecule has 0 unspecified atom stereocenters. The number of aromatic nitrogens is 2. The topological polar surface area (TPSA) is 29.9 Å². The first-order valence-corrected chi connectivity index (χ1v) is 5.17. The van der Waals surface area contributed by atoms with Crippen LogP contribution in [0.3, 0.4) is 0 Å². The first kappa shape index (κ1) is 9.77. The van der Waals surface area contributed by atoms with Gasteiger partial charge in [0.05, 0.1) is 5.69 Å². The second-order valence-electron chi connectivity index (χ2n) is 3.45. The van der Waals surface area contributed by atoms with E-state index in [-0.39, 0.29) is 0 Å². The average Bonchev–Trinajstić information content (AvgIpc) is 2.76. The Kier molecular flexibility index (Phi) is 3.02. The predicted octanol–water partition coefficient (Wildman–Crippen LogP) is 2.52. The van der Waals surface area contributed by atoms with E-state index < -0.39 is 0 Å². The second-order valence-corrected chi connectivity index (χ2v) is 3.45. The molecule has 2 aromatic rings. The molecule has 2 aromatic heterocycles. The number of anilines is 1. The molecule has 0 aliphatic heterocycles. The van der Waals surface area contributed by atoms with Crippen molar-refractivity contribution in [3.05, 3.63) is 48.5 Å². The Morgan fingerprint density at radius 2 is 2.33 bits per heavy atom. The van der Waals surface area contributed by atoms with E-state index in [1.165, 1.54) is 5.56 Å². The lowest BCUT2D eigenvalue weighted by atomic mass is 10.3. The monoisotopic (exact) mass is 201 g/mol. The highest BCUT2D eigenvalue weighted by Crippen LogP contribution is 2.07. The van der Waals surface area contributed by atoms with Crippen LogP contribution >= 0.6 is 0 Å². The number of pyridine rings is 1. The zero-order chi connectivity index (χ0) is 10.5. The van der Waals surface area contributed by atoms with Gasteiger partial charge in [-0.05, 0) is 30.7 Å². The van der Waals surface area contributed by atoms with E-state index >= 15 is 0 Å². The molecular formula is C12H15N3. The van der Waals surface area contributed by atoms with Crippen molar-refractivity contribution in [2.45, 2.75) is 20.0 Å². The second kappa shape index (κ2) is 4.64. The summed E-state index contributed by atoms with van der Waals surface area (Å²) >= 11 is 0. The summed E-state index contributed by atoms with van der Waals surface area (Å²) < 4.78 is 2.17. The van der Waals surface area contributed by atoms with E-state index in [4.69, 9.17) is 0 Å². The van der Waals surface area contributed by atoms with Gasteiger partial charge < -0.3 is 9.88 Å². The molecule has 0 bridgehead atoms. The van der Waals surface area contributed by atoms with Crippen molar-refractivity contribution in [2.75, 3.05) is 5.32 Å². The molecule has 0 saturated heterocycles. The third-order valence-corrected chi connectivity index (χ3v) is 2.34. The minimum absolute atomic E-state index is 0.846. The number of hydrogen-bond donors (Lipinski definition) is 1. The molecular weight excluding hydrogens is 186 g/mol. The summed E-state index contributed by atoms with van der Waals surface area (Å²) in [4.78, 5) is 4.05. The number of nitrogens with zero attached hydrogens (tertiary/aromatic N) is 2. The summed E-state index contributed by atoms with van der Waals surface area (Å²) in [6, 6.07) is 6.08. The van der Waals surface area contributed by atoms with Crippen LogP contribution in [0, 0.1) is 0 Å². The van der Waals surface area contributed by atoms with Crippen LogP contribution in [-0.4, -0.2) is 9.55 Å². The van der Waals surface area contributed by atoms with Crippen molar-refractivity contribution >= 4 is 5.69 Å². The van der Waals surface area contributed by atoms with Gasteiger partial charge in [0.2, 0.25) is 0 Å². The zero-order valence-electron chi connectivity index (χ0n) is 8.85. The largest absolute Gasteiger partial charge is 0.380 e. The Morgan fingerprint density at radius 3 is 3.00 bits per heavy atom. The van der Waals surface area contributed by atoms with Crippen LogP contribution < -0.4 is 5.32 Å². The molecule has 1 N–H and O–H groups in total. The van der Waals surface area contributed by atoms with Crippen molar-refractivity contribution in [1.29, 1.82) is 0 Å². The van der Waals surface area contributed by atoms with Gasteiger partial charge in [-0.15, -0.1) is 0 Å². The molecule has 0 amide bonds. The zero-order valence-corrected chi connectivity index (χ0v) is 8.85. The molecule has 3 nitrogen and oxygen atoms in total. The number of hydrogen-bond acceptors (Lipinski definition) is 2. The summed E-state index contributed by atoms with van der Waals surface area (Å²) in [7, 11) is 0. The van der Waals surface area contributed by atoms with Crippen LogP contribution in [0.1, 0.15) is 12.5 Å². The molecule has 0 fully saturated rings. The Balaban J connectivity index is 1.93. The maximum atomic E-state index is 4.05. The standard InChI is InChI=1S/C12H15N3/c1-2-15-7-5-11(10-15)8-14-12-4-3-6-13-9-12/h3-7,9-10,14H,2,8H2,1H3. The lowest BCUT2D eigenvalue weighted by Gasteiger charge is -2.03. The average molecular weight is 201 g/mol. The molecule has 0 radical (unpaired) electrons. The van der Waals surface area contributed by atoms with E-state index in [0.717, 1.165) is 18.8 Å². The van der Waals surface area contributed by atoms with Crippen LogP contribution in [0.4, 0.5) is 5.69 Å². The SMILES string of the molecule is CCn1ccc(CNc2cccnc2)c1. The number of rotatable bonds is 4. The van der Waals surface area contributed by atoms with Gasteiger partial charge in [-0.25, -0.2) is 0 Å². The van der Waals surface area contributed by atoms with Crippen molar-refractivity contribution in [2.24, 2.45) is 0 Å². The molecule has 0 atom stereocenters. The highest BCUT2D eigenvalue weighted by Gasteiger charge is 1.95. The summed E-state index contributed by atoms with van der Waals surface area (Å²) in [6.07, 6.45) is 7.86. The van der Waals surface area contributed by atoms with Gasteiger partial charge in [0, 0.05) is 37.9 Å². The molecule has 15 heavy (non-hydrogen) atoms. The molecule has 78 valence electrons. The van der Waals surface area contributed by atoms with E-state index in [2.05, 4.69) is 40.3 Å². The highest BCUT2D eigenvalue weighted by atomic mass is 14.9. The highest BCUT2D eigenvalue weighted by molar-refractivity contribution is 5.40. The van der Waals surface area contributed by atoms with Crippen LogP contribution in [0.25, 0.3) is 0 Å². The summed E-state index contributed by atoms with van der Waals surface area (Å²) in [5.74, 6) is 0. The fraction of sp³-hybridized carbons (Fsp3) is 0.250. The quantitative estimate of drug-likeness (QED) is 0.823. The fourth-order valence-corrected chi connectivity index (χ4v) is 1.46. The van der Waals surface area contributed by atoms with E-state index in [9.17, 15) is 0 Å². The van der Waals surface area contributed by atoms with Gasteiger partial charge >= 0.3 is 0 Å². The van der Waals surface area contributed by atoms with Crippen LogP contribution in [0.2, 0.25) is 0 Å². The third-order valence-electron chi connectivity index (χ3n) is 2.34. The summed E-state index contributed by atoms with van der Waals surface area (Å²) in [5.41, 5.74) is 2.35. The van der Waals surface area contributed by atoms with Crippen molar-refractivity contribution in [3.8, 4) is 0 Å². The number of nitrogens with one attached hydrogen (secondary N) is 1. The molecule has 3 heteroatoms. The smallest absolute Gasteiger partial charge is 0.0529 e. The summed E-state index contributed by atoms with van der Waals surface area (Å²) in [5, 5.41) is 3.32. The molecule has 0 saturated carbocycles. The van der Waals surface area contributed by atoms with Crippen molar-refractivity contribution < 1.29 is 0 Å². The van der Waals surface area contributed by atoms with Crippen LogP contribution in [0.15, 0.2) is 43.0 Å². The Bertz CT molecular complexity index is 406. The molecule has 0 aromatic carbocycles. The van der Waals surface area contributed by atoms with E-state index in [1.54, 1.807) is 6.20 Å². The molecule has 0 aliphatic carbocycles. The first-order valence-electron chi connectivity index (χ1n) is 5.17. The number of aryl methyl sites for hydroxylation is 1. The molecule has 0 aliphatic rings. The van der Waals surface area contributed by atoms with Crippen molar-refractivity contribution in [3.63, 3.8) is 0 Å². The maximum absolute atomic E-state index is 4.05. The Labute approximate surface area is 89.8 Å². The first-order chi connectivity index (χ1) is 7.38. The lowest BCUT2D eigenvalue weighted by molar-refractivity contribution is 0.766. The van der Waals surface area contributed by atoms with Gasteiger partial charge in [0.25, 0.3) is 0 Å². The molecule has 0 spiro atoms. The normalized spacial score (nSPS) is 10.2. The minimum atomic E-state index is 0.846. The summed E-state index contributed by atoms with van der Waals surface area (Å²) in [6.45, 7) is 4.00. The van der Waals surface area contributed by atoms with E-state index in [0.29, 0.717) is 0 Å². The Hall–Kier alpha value is -1.77. The van der Waals surface area contributed by atoms with Gasteiger partial charge in [0.15, 0.2) is 0 Å². The van der Waals surface area contributed by atoms with Crippen molar-refractivity contribution in [1.82, 2.24) is 9.55 Å². The molecule has 2 heterocycles. The lowest BCUT2D eigenvalue weighted by Crippen LogP contribution is -1.98. The van der Waals surface area contributed by atoms with Gasteiger partial charge in [-0.2, -0.15) is 0 Å². The van der Waals surface area contributed by atoms with Gasteiger partial charge in [0.1, 0.15) is 0 Å². The van der Waals surface area contributed by atoms with Crippen LogP contribution in [0.5, 0.6) is 0 Å². The Morgan fingerprint density at radius 1 is 1.40 bits per heavy atom. The van der Waals surface area contributed by atoms with Gasteiger partial charge in [-0.1, -0.05) is 0 Å². The molecule has 2 rings (SSSR count).